The van der Waals surface area contributed by atoms with Gasteiger partial charge >= 0.3 is 0 Å². The molecule has 0 aliphatic heterocycles. The summed E-state index contributed by atoms with van der Waals surface area (Å²) in [5.41, 5.74) is -0.236. The van der Waals surface area contributed by atoms with Gasteiger partial charge < -0.3 is 5.11 Å². The summed E-state index contributed by atoms with van der Waals surface area (Å²) in [5, 5.41) is 10.8. The van der Waals surface area contributed by atoms with Crippen LogP contribution in [0.15, 0.2) is 53.6 Å². The van der Waals surface area contributed by atoms with Crippen molar-refractivity contribution in [2.24, 2.45) is 0 Å². The Morgan fingerprint density at radius 1 is 1.05 bits per heavy atom. The molecule has 1 aromatic rings. The van der Waals surface area contributed by atoms with E-state index in [2.05, 4.69) is 0 Å². The first kappa shape index (κ1) is 13.4. The van der Waals surface area contributed by atoms with Crippen molar-refractivity contribution in [1.82, 2.24) is 0 Å². The first-order valence-electron chi connectivity index (χ1n) is 6.26. The van der Waals surface area contributed by atoms with Crippen LogP contribution in [0.4, 0.5) is 0 Å². The summed E-state index contributed by atoms with van der Waals surface area (Å²) in [4.78, 5) is 23.8. The molecule has 1 aliphatic rings. The molecule has 0 saturated carbocycles. The van der Waals surface area contributed by atoms with Crippen LogP contribution in [0, 0.1) is 0 Å². The average molecular weight is 256 g/mol. The van der Waals surface area contributed by atoms with Crippen molar-refractivity contribution < 1.29 is 14.7 Å². The van der Waals surface area contributed by atoms with E-state index in [0.29, 0.717) is 17.6 Å². The highest BCUT2D eigenvalue weighted by Gasteiger charge is 2.37. The number of hydrogen-bond acceptors (Lipinski definition) is 3. The van der Waals surface area contributed by atoms with Gasteiger partial charge in [-0.1, -0.05) is 37.3 Å². The normalized spacial score (nSPS) is 18.7. The van der Waals surface area contributed by atoms with E-state index in [4.69, 9.17) is 0 Å². The predicted octanol–water partition coefficient (Wildman–Crippen LogP) is 2.31. The summed E-state index contributed by atoms with van der Waals surface area (Å²) < 4.78 is 0. The van der Waals surface area contributed by atoms with Crippen LogP contribution in [0.1, 0.15) is 25.8 Å². The van der Waals surface area contributed by atoms with E-state index >= 15 is 0 Å². The number of ketones is 2. The summed E-state index contributed by atoms with van der Waals surface area (Å²) >= 11 is 0. The van der Waals surface area contributed by atoms with Crippen LogP contribution in [0.3, 0.4) is 0 Å². The van der Waals surface area contributed by atoms with E-state index in [9.17, 15) is 14.7 Å². The van der Waals surface area contributed by atoms with Crippen LogP contribution in [-0.4, -0.2) is 16.7 Å². The fourth-order valence-corrected chi connectivity index (χ4v) is 2.25. The monoisotopic (exact) mass is 256 g/mol. The van der Waals surface area contributed by atoms with Crippen molar-refractivity contribution in [3.05, 3.63) is 59.2 Å². The zero-order valence-electron chi connectivity index (χ0n) is 11.0. The highest BCUT2D eigenvalue weighted by Crippen LogP contribution is 2.35. The molecular weight excluding hydrogens is 240 g/mol. The van der Waals surface area contributed by atoms with Crippen LogP contribution < -0.4 is 0 Å². The molecule has 0 bridgehead atoms. The Bertz CT molecular complexity index is 581. The summed E-state index contributed by atoms with van der Waals surface area (Å²) in [6.07, 6.45) is 2.88. The standard InChI is InChI=1S/C16H16O3/c1-3-16(19,12-7-5-4-6-8-12)13-10-14(17)11(2)9-15(13)18/h4-10,19H,3H2,1-2H3. The minimum Gasteiger partial charge on any atom is -0.380 e. The number of aliphatic hydroxyl groups is 1. The number of carbonyl (C=O) groups excluding carboxylic acids is 2. The topological polar surface area (TPSA) is 54.4 Å². The molecule has 1 N–H and O–H groups in total. The fourth-order valence-electron chi connectivity index (χ4n) is 2.25. The Balaban J connectivity index is 2.52. The maximum absolute atomic E-state index is 12.1. The molecule has 0 heterocycles. The van der Waals surface area contributed by atoms with Crippen molar-refractivity contribution in [3.8, 4) is 0 Å². The van der Waals surface area contributed by atoms with Gasteiger partial charge in [0.1, 0.15) is 5.60 Å². The van der Waals surface area contributed by atoms with Crippen LogP contribution in [-0.2, 0) is 15.2 Å². The number of allylic oxidation sites excluding steroid dienone is 3. The number of benzene rings is 1. The van der Waals surface area contributed by atoms with Crippen molar-refractivity contribution in [1.29, 1.82) is 0 Å². The second kappa shape index (κ2) is 4.94. The first-order valence-corrected chi connectivity index (χ1v) is 6.26. The van der Waals surface area contributed by atoms with Crippen molar-refractivity contribution >= 4 is 11.6 Å². The largest absolute Gasteiger partial charge is 0.380 e. The molecule has 3 heteroatoms. The highest BCUT2D eigenvalue weighted by molar-refractivity contribution is 6.20. The highest BCUT2D eigenvalue weighted by atomic mass is 16.3. The van der Waals surface area contributed by atoms with Crippen molar-refractivity contribution in [2.75, 3.05) is 0 Å². The fraction of sp³-hybridized carbons (Fsp3) is 0.250. The SMILES string of the molecule is CCC(O)(C1=CC(=O)C(C)=CC1=O)c1ccccc1. The first-order chi connectivity index (χ1) is 8.99. The third-order valence-electron chi connectivity index (χ3n) is 3.49. The van der Waals surface area contributed by atoms with Gasteiger partial charge in [-0.15, -0.1) is 0 Å². The van der Waals surface area contributed by atoms with Gasteiger partial charge in [-0.3, -0.25) is 9.59 Å². The molecule has 0 saturated heterocycles. The molecule has 1 atom stereocenters. The molecule has 1 aromatic carbocycles. The predicted molar refractivity (Wildman–Crippen MR) is 72.5 cm³/mol. The van der Waals surface area contributed by atoms with Crippen molar-refractivity contribution in [2.45, 2.75) is 25.9 Å². The Labute approximate surface area is 112 Å². The van der Waals surface area contributed by atoms with E-state index in [1.165, 1.54) is 12.2 Å². The Hall–Kier alpha value is -2.00. The molecule has 0 spiro atoms. The molecule has 3 nitrogen and oxygen atoms in total. The van der Waals surface area contributed by atoms with E-state index < -0.39 is 5.60 Å². The molecule has 0 amide bonds. The summed E-state index contributed by atoms with van der Waals surface area (Å²) in [6.45, 7) is 3.39. The second-order valence-corrected chi connectivity index (χ2v) is 4.69. The molecule has 0 aromatic heterocycles. The van der Waals surface area contributed by atoms with Gasteiger partial charge in [-0.05, 0) is 31.1 Å². The van der Waals surface area contributed by atoms with Gasteiger partial charge in [-0.2, -0.15) is 0 Å². The lowest BCUT2D eigenvalue weighted by molar-refractivity contribution is -0.117. The van der Waals surface area contributed by atoms with Crippen molar-refractivity contribution in [3.63, 3.8) is 0 Å². The van der Waals surface area contributed by atoms with Gasteiger partial charge in [0.25, 0.3) is 0 Å². The molecule has 2 rings (SSSR count). The third kappa shape index (κ3) is 2.29. The van der Waals surface area contributed by atoms with Gasteiger partial charge in [-0.25, -0.2) is 0 Å². The third-order valence-corrected chi connectivity index (χ3v) is 3.49. The van der Waals surface area contributed by atoms with E-state index in [0.717, 1.165) is 0 Å². The average Bonchev–Trinajstić information content (AvgIpc) is 2.43. The molecule has 19 heavy (non-hydrogen) atoms. The van der Waals surface area contributed by atoms with Gasteiger partial charge in [0.2, 0.25) is 0 Å². The lowest BCUT2D eigenvalue weighted by Crippen LogP contribution is -2.33. The quantitative estimate of drug-likeness (QED) is 0.844. The smallest absolute Gasteiger partial charge is 0.185 e. The Morgan fingerprint density at radius 2 is 1.68 bits per heavy atom. The summed E-state index contributed by atoms with van der Waals surface area (Å²) in [6, 6.07) is 8.95. The number of hydrogen-bond donors (Lipinski definition) is 1. The molecule has 98 valence electrons. The second-order valence-electron chi connectivity index (χ2n) is 4.69. The lowest BCUT2D eigenvalue weighted by Gasteiger charge is -2.30. The Kier molecular flexibility index (Phi) is 3.49. The number of rotatable bonds is 3. The van der Waals surface area contributed by atoms with Crippen LogP contribution in [0.2, 0.25) is 0 Å². The molecule has 0 radical (unpaired) electrons. The lowest BCUT2D eigenvalue weighted by atomic mass is 9.79. The van der Waals surface area contributed by atoms with E-state index in [1.54, 1.807) is 38.1 Å². The van der Waals surface area contributed by atoms with Crippen LogP contribution >= 0.6 is 0 Å². The summed E-state index contributed by atoms with van der Waals surface area (Å²) in [5.74, 6) is -0.525. The van der Waals surface area contributed by atoms with Gasteiger partial charge in [0.05, 0.1) is 0 Å². The van der Waals surface area contributed by atoms with Gasteiger partial charge in [0, 0.05) is 11.1 Å². The minimum absolute atomic E-state index is 0.150. The maximum atomic E-state index is 12.1. The summed E-state index contributed by atoms with van der Waals surface area (Å²) in [7, 11) is 0. The van der Waals surface area contributed by atoms with E-state index in [1.807, 2.05) is 6.07 Å². The molecule has 0 fully saturated rings. The number of carbonyl (C=O) groups is 2. The maximum Gasteiger partial charge on any atom is 0.185 e. The zero-order chi connectivity index (χ0) is 14.0. The van der Waals surface area contributed by atoms with E-state index in [-0.39, 0.29) is 17.1 Å². The zero-order valence-corrected chi connectivity index (χ0v) is 11.0. The van der Waals surface area contributed by atoms with Crippen LogP contribution in [0.25, 0.3) is 0 Å². The minimum atomic E-state index is -1.41. The van der Waals surface area contributed by atoms with Gasteiger partial charge in [0.15, 0.2) is 11.6 Å². The molecule has 1 aliphatic carbocycles. The molecular formula is C16H16O3. The Morgan fingerprint density at radius 3 is 2.26 bits per heavy atom. The van der Waals surface area contributed by atoms with Crippen LogP contribution in [0.5, 0.6) is 0 Å². The molecule has 1 unspecified atom stereocenters.